The van der Waals surface area contributed by atoms with E-state index < -0.39 is 6.10 Å². The molecule has 1 aromatic carbocycles. The van der Waals surface area contributed by atoms with Crippen LogP contribution in [0.5, 0.6) is 5.75 Å². The van der Waals surface area contributed by atoms with Gasteiger partial charge in [0.15, 0.2) is 0 Å². The van der Waals surface area contributed by atoms with Crippen molar-refractivity contribution in [1.29, 1.82) is 0 Å². The quantitative estimate of drug-likeness (QED) is 0.310. The van der Waals surface area contributed by atoms with Crippen LogP contribution in [0, 0.1) is 5.92 Å². The SMILES string of the molecule is O=C(OCCN1CCOCC1)c1ccc(CCCC2=CC[C@@H](O)[C@@H]2COc2cc(Cl)cc(Cl)c2)s1. The van der Waals surface area contributed by atoms with Gasteiger partial charge in [0.05, 0.1) is 25.9 Å². The van der Waals surface area contributed by atoms with Crippen molar-refractivity contribution in [3.8, 4) is 5.75 Å². The summed E-state index contributed by atoms with van der Waals surface area (Å²) in [7, 11) is 0. The van der Waals surface area contributed by atoms with E-state index in [1.807, 2.05) is 12.1 Å². The summed E-state index contributed by atoms with van der Waals surface area (Å²) in [6, 6.07) is 8.96. The van der Waals surface area contributed by atoms with Crippen LogP contribution in [0.4, 0.5) is 0 Å². The second-order valence-electron chi connectivity index (χ2n) is 8.81. The van der Waals surface area contributed by atoms with Crippen LogP contribution in [0.2, 0.25) is 10.0 Å². The molecule has 0 radical (unpaired) electrons. The van der Waals surface area contributed by atoms with Crippen LogP contribution in [-0.2, 0) is 15.9 Å². The molecule has 4 rings (SSSR count). The zero-order valence-corrected chi connectivity index (χ0v) is 21.9. The minimum absolute atomic E-state index is 0.0481. The fraction of sp³-hybridized carbons (Fsp3) is 0.500. The van der Waals surface area contributed by atoms with E-state index in [4.69, 9.17) is 37.4 Å². The van der Waals surface area contributed by atoms with Gasteiger partial charge >= 0.3 is 5.97 Å². The van der Waals surface area contributed by atoms with E-state index in [0.29, 0.717) is 40.3 Å². The van der Waals surface area contributed by atoms with E-state index in [9.17, 15) is 9.90 Å². The van der Waals surface area contributed by atoms with Gasteiger partial charge < -0.3 is 19.3 Å². The fourth-order valence-corrected chi connectivity index (χ4v) is 5.84. The number of morpholine rings is 1. The number of ether oxygens (including phenoxy) is 3. The standard InChI is InChI=1S/C26H31Cl2NO5S/c27-19-14-20(28)16-21(15-19)34-17-23-18(4-6-24(23)30)2-1-3-22-5-7-25(35-22)26(31)33-13-10-29-8-11-32-12-9-29/h4-5,7,14-16,23-24,30H,1-3,6,8-13,17H2/t23-,24-/m1/s1. The lowest BCUT2D eigenvalue weighted by atomic mass is 9.96. The molecule has 6 nitrogen and oxygen atoms in total. The highest BCUT2D eigenvalue weighted by Gasteiger charge is 2.28. The van der Waals surface area contributed by atoms with Crippen molar-refractivity contribution in [2.24, 2.45) is 5.92 Å². The first kappa shape index (κ1) is 26.5. The number of benzene rings is 1. The zero-order chi connectivity index (χ0) is 24.6. The summed E-state index contributed by atoms with van der Waals surface area (Å²) in [5.41, 5.74) is 1.21. The van der Waals surface area contributed by atoms with Gasteiger partial charge in [-0.1, -0.05) is 34.9 Å². The minimum atomic E-state index is -0.444. The van der Waals surface area contributed by atoms with Crippen molar-refractivity contribution in [2.45, 2.75) is 31.8 Å². The number of aliphatic hydroxyl groups is 1. The van der Waals surface area contributed by atoms with Gasteiger partial charge in [-0.25, -0.2) is 4.79 Å². The molecule has 9 heteroatoms. The molecule has 2 heterocycles. The molecule has 1 saturated heterocycles. The van der Waals surface area contributed by atoms with Crippen LogP contribution >= 0.6 is 34.5 Å². The number of thiophene rings is 1. The Labute approximate surface area is 220 Å². The Morgan fingerprint density at radius 3 is 2.69 bits per heavy atom. The molecular formula is C26H31Cl2NO5S. The molecule has 1 aliphatic heterocycles. The van der Waals surface area contributed by atoms with Crippen molar-refractivity contribution in [3.05, 3.63) is 61.8 Å². The number of halogens is 2. The van der Waals surface area contributed by atoms with E-state index in [1.54, 1.807) is 18.2 Å². The highest BCUT2D eigenvalue weighted by Crippen LogP contribution is 2.32. The Morgan fingerprint density at radius 2 is 1.91 bits per heavy atom. The topological polar surface area (TPSA) is 68.2 Å². The summed E-state index contributed by atoms with van der Waals surface area (Å²) < 4.78 is 16.7. The maximum atomic E-state index is 12.4. The number of rotatable bonds is 11. The summed E-state index contributed by atoms with van der Waals surface area (Å²) in [6.45, 7) is 4.76. The lowest BCUT2D eigenvalue weighted by Gasteiger charge is -2.26. The molecule has 0 saturated carbocycles. The van der Waals surface area contributed by atoms with Gasteiger partial charge in [0.1, 0.15) is 17.2 Å². The van der Waals surface area contributed by atoms with Crippen molar-refractivity contribution in [3.63, 3.8) is 0 Å². The van der Waals surface area contributed by atoms with Crippen molar-refractivity contribution >= 4 is 40.5 Å². The van der Waals surface area contributed by atoms with Crippen LogP contribution in [0.3, 0.4) is 0 Å². The van der Waals surface area contributed by atoms with Gasteiger partial charge in [0, 0.05) is 40.5 Å². The predicted octanol–water partition coefficient (Wildman–Crippen LogP) is 5.25. The fourth-order valence-electron chi connectivity index (χ4n) is 4.39. The molecule has 35 heavy (non-hydrogen) atoms. The van der Waals surface area contributed by atoms with Crippen molar-refractivity contribution in [2.75, 3.05) is 46.1 Å². The first-order chi connectivity index (χ1) is 17.0. The van der Waals surface area contributed by atoms with Gasteiger partial charge in [-0.3, -0.25) is 4.90 Å². The molecule has 1 aromatic heterocycles. The lowest BCUT2D eigenvalue weighted by Crippen LogP contribution is -2.38. The Hall–Kier alpha value is -1.61. The van der Waals surface area contributed by atoms with E-state index >= 15 is 0 Å². The highest BCUT2D eigenvalue weighted by molar-refractivity contribution is 7.13. The minimum Gasteiger partial charge on any atom is -0.493 e. The number of esters is 1. The molecule has 0 unspecified atom stereocenters. The number of aryl methyl sites for hydroxylation is 1. The molecule has 0 spiro atoms. The third-order valence-corrected chi connectivity index (χ3v) is 7.89. The van der Waals surface area contributed by atoms with E-state index in [0.717, 1.165) is 57.0 Å². The van der Waals surface area contributed by atoms with Crippen molar-refractivity contribution < 1.29 is 24.1 Å². The first-order valence-electron chi connectivity index (χ1n) is 12.0. The number of aliphatic hydroxyl groups excluding tert-OH is 1. The maximum Gasteiger partial charge on any atom is 0.348 e. The molecule has 2 atom stereocenters. The predicted molar refractivity (Wildman–Crippen MR) is 139 cm³/mol. The normalized spacial score (nSPS) is 20.6. The Balaban J connectivity index is 1.19. The molecular weight excluding hydrogens is 509 g/mol. The van der Waals surface area contributed by atoms with Crippen LogP contribution in [0.15, 0.2) is 42.0 Å². The monoisotopic (exact) mass is 539 g/mol. The van der Waals surface area contributed by atoms with Gasteiger partial charge in [0.25, 0.3) is 0 Å². The van der Waals surface area contributed by atoms with Crippen LogP contribution in [0.25, 0.3) is 0 Å². The molecule has 1 N–H and O–H groups in total. The number of carbonyl (C=O) groups is 1. The third-order valence-electron chi connectivity index (χ3n) is 6.32. The molecule has 190 valence electrons. The van der Waals surface area contributed by atoms with Gasteiger partial charge in [-0.2, -0.15) is 0 Å². The van der Waals surface area contributed by atoms with Crippen molar-refractivity contribution in [1.82, 2.24) is 4.90 Å². The Morgan fingerprint density at radius 1 is 1.14 bits per heavy atom. The molecule has 1 aliphatic carbocycles. The maximum absolute atomic E-state index is 12.4. The van der Waals surface area contributed by atoms with Gasteiger partial charge in [-0.15, -0.1) is 11.3 Å². The van der Waals surface area contributed by atoms with E-state index in [-0.39, 0.29) is 11.9 Å². The Bertz CT molecular complexity index is 1000. The number of hydrogen-bond acceptors (Lipinski definition) is 7. The summed E-state index contributed by atoms with van der Waals surface area (Å²) in [5.74, 6) is 0.298. The summed E-state index contributed by atoms with van der Waals surface area (Å²) >= 11 is 13.6. The number of nitrogens with zero attached hydrogens (tertiary/aromatic N) is 1. The summed E-state index contributed by atoms with van der Waals surface area (Å²) in [5, 5.41) is 11.5. The zero-order valence-electron chi connectivity index (χ0n) is 19.6. The molecule has 1 fully saturated rings. The second-order valence-corrected chi connectivity index (χ2v) is 10.9. The summed E-state index contributed by atoms with van der Waals surface area (Å²) in [6.07, 6.45) is 4.99. The Kier molecular flexibility index (Phi) is 9.89. The summed E-state index contributed by atoms with van der Waals surface area (Å²) in [4.78, 5) is 16.4. The largest absolute Gasteiger partial charge is 0.493 e. The average molecular weight is 541 g/mol. The second kappa shape index (κ2) is 13.1. The third kappa shape index (κ3) is 7.94. The lowest BCUT2D eigenvalue weighted by molar-refractivity contribution is 0.0197. The molecule has 0 amide bonds. The number of carbonyl (C=O) groups excluding carboxylic acids is 1. The van der Waals surface area contributed by atoms with Crippen LogP contribution < -0.4 is 4.74 Å². The number of hydrogen-bond donors (Lipinski definition) is 1. The van der Waals surface area contributed by atoms with Crippen LogP contribution in [0.1, 0.15) is 33.8 Å². The molecule has 2 aromatic rings. The van der Waals surface area contributed by atoms with Gasteiger partial charge in [-0.05, 0) is 56.0 Å². The van der Waals surface area contributed by atoms with E-state index in [2.05, 4.69) is 11.0 Å². The van der Waals surface area contributed by atoms with E-state index in [1.165, 1.54) is 16.9 Å². The smallest absolute Gasteiger partial charge is 0.348 e. The average Bonchev–Trinajstić information content (AvgIpc) is 3.45. The first-order valence-corrected chi connectivity index (χ1v) is 13.6. The van der Waals surface area contributed by atoms with Gasteiger partial charge in [0.2, 0.25) is 0 Å². The molecule has 2 aliphatic rings. The molecule has 0 bridgehead atoms. The highest BCUT2D eigenvalue weighted by atomic mass is 35.5. The van der Waals surface area contributed by atoms with Crippen LogP contribution in [-0.4, -0.2) is 68.1 Å².